The number of unbranched alkanes of at least 4 members (excludes halogenated alkanes) is 4. The summed E-state index contributed by atoms with van der Waals surface area (Å²) in [6.07, 6.45) is 17.2. The molecule has 1 fully saturated rings. The van der Waals surface area contributed by atoms with Crippen molar-refractivity contribution in [3.05, 3.63) is 42.7 Å². The SMILES string of the molecule is [c]1cnc(-c2ccc(OCCCCCCCC3CCCC3)cc2)nc1. The van der Waals surface area contributed by atoms with Crippen LogP contribution in [0.25, 0.3) is 11.4 Å². The van der Waals surface area contributed by atoms with Crippen LogP contribution in [0.4, 0.5) is 0 Å². The molecule has 1 aromatic heterocycles. The molecule has 0 N–H and O–H groups in total. The van der Waals surface area contributed by atoms with Crippen molar-refractivity contribution in [2.24, 2.45) is 5.92 Å². The summed E-state index contributed by atoms with van der Waals surface area (Å²) in [5, 5.41) is 0. The van der Waals surface area contributed by atoms with Crippen LogP contribution in [0.5, 0.6) is 5.75 Å². The molecule has 0 aliphatic heterocycles. The normalized spacial score (nSPS) is 14.7. The molecule has 0 saturated heterocycles. The largest absolute Gasteiger partial charge is 0.494 e. The number of hydrogen-bond acceptors (Lipinski definition) is 3. The van der Waals surface area contributed by atoms with Gasteiger partial charge in [-0.25, -0.2) is 9.97 Å². The Morgan fingerprint density at radius 2 is 1.56 bits per heavy atom. The summed E-state index contributed by atoms with van der Waals surface area (Å²) < 4.78 is 5.84. The topological polar surface area (TPSA) is 35.0 Å². The maximum absolute atomic E-state index is 5.84. The van der Waals surface area contributed by atoms with E-state index in [1.165, 1.54) is 57.8 Å². The molecule has 0 bridgehead atoms. The third-order valence-corrected chi connectivity index (χ3v) is 5.14. The van der Waals surface area contributed by atoms with Gasteiger partial charge in [-0.05, 0) is 36.6 Å². The van der Waals surface area contributed by atoms with Crippen LogP contribution in [-0.4, -0.2) is 16.6 Å². The number of nitrogens with zero attached hydrogens (tertiary/aromatic N) is 2. The van der Waals surface area contributed by atoms with Crippen molar-refractivity contribution in [3.8, 4) is 17.1 Å². The summed E-state index contributed by atoms with van der Waals surface area (Å²) in [7, 11) is 0. The molecular weight excluding hydrogens is 308 g/mol. The van der Waals surface area contributed by atoms with Gasteiger partial charge in [0.2, 0.25) is 0 Å². The zero-order valence-corrected chi connectivity index (χ0v) is 15.1. The Morgan fingerprint density at radius 1 is 0.880 bits per heavy atom. The fourth-order valence-corrected chi connectivity index (χ4v) is 3.67. The lowest BCUT2D eigenvalue weighted by Gasteiger charge is -2.09. The molecule has 0 unspecified atom stereocenters. The van der Waals surface area contributed by atoms with E-state index in [-0.39, 0.29) is 0 Å². The van der Waals surface area contributed by atoms with Crippen LogP contribution in [0.1, 0.15) is 64.2 Å². The van der Waals surface area contributed by atoms with Crippen LogP contribution in [0.2, 0.25) is 0 Å². The molecule has 1 saturated carbocycles. The molecule has 1 heterocycles. The fraction of sp³-hybridized carbons (Fsp3) is 0.545. The quantitative estimate of drug-likeness (QED) is 0.510. The summed E-state index contributed by atoms with van der Waals surface area (Å²) in [4.78, 5) is 8.41. The van der Waals surface area contributed by atoms with Crippen molar-refractivity contribution in [1.29, 1.82) is 0 Å². The number of ether oxygens (including phenoxy) is 1. The van der Waals surface area contributed by atoms with Gasteiger partial charge in [-0.1, -0.05) is 57.8 Å². The molecule has 3 rings (SSSR count). The first-order valence-electron chi connectivity index (χ1n) is 9.83. The van der Waals surface area contributed by atoms with Gasteiger partial charge in [0, 0.05) is 24.0 Å². The number of hydrogen-bond donors (Lipinski definition) is 0. The highest BCUT2D eigenvalue weighted by atomic mass is 16.5. The van der Waals surface area contributed by atoms with Crippen molar-refractivity contribution in [1.82, 2.24) is 9.97 Å². The van der Waals surface area contributed by atoms with E-state index in [4.69, 9.17) is 4.74 Å². The van der Waals surface area contributed by atoms with E-state index in [2.05, 4.69) is 16.0 Å². The van der Waals surface area contributed by atoms with E-state index in [1.807, 2.05) is 24.3 Å². The van der Waals surface area contributed by atoms with Crippen molar-refractivity contribution in [3.63, 3.8) is 0 Å². The van der Waals surface area contributed by atoms with Gasteiger partial charge < -0.3 is 4.74 Å². The third-order valence-electron chi connectivity index (χ3n) is 5.14. The molecule has 2 aromatic rings. The average Bonchev–Trinajstić information content (AvgIpc) is 3.19. The predicted molar refractivity (Wildman–Crippen MR) is 101 cm³/mol. The van der Waals surface area contributed by atoms with Crippen LogP contribution in [0, 0.1) is 12.0 Å². The molecule has 1 aliphatic carbocycles. The Bertz CT molecular complexity index is 591. The van der Waals surface area contributed by atoms with E-state index in [1.54, 1.807) is 12.4 Å². The van der Waals surface area contributed by atoms with Crippen LogP contribution < -0.4 is 4.74 Å². The first kappa shape index (κ1) is 17.9. The van der Waals surface area contributed by atoms with E-state index in [0.29, 0.717) is 0 Å². The lowest BCUT2D eigenvalue weighted by molar-refractivity contribution is 0.304. The molecule has 0 amide bonds. The Balaban J connectivity index is 1.25. The van der Waals surface area contributed by atoms with Crippen molar-refractivity contribution >= 4 is 0 Å². The molecule has 0 spiro atoms. The van der Waals surface area contributed by atoms with Crippen LogP contribution in [0.15, 0.2) is 36.7 Å². The summed E-state index contributed by atoms with van der Waals surface area (Å²) in [5.74, 6) is 2.70. The van der Waals surface area contributed by atoms with Gasteiger partial charge in [0.05, 0.1) is 6.61 Å². The fourth-order valence-electron chi connectivity index (χ4n) is 3.67. The van der Waals surface area contributed by atoms with E-state index in [9.17, 15) is 0 Å². The molecule has 1 radical (unpaired) electrons. The Labute approximate surface area is 151 Å². The molecule has 0 atom stereocenters. The zero-order chi connectivity index (χ0) is 17.2. The van der Waals surface area contributed by atoms with Crippen molar-refractivity contribution in [2.75, 3.05) is 6.61 Å². The standard InChI is InChI=1S/C22H29N2O/c1(2-4-9-19-10-5-6-11-19)3-7-18-25-21-14-12-20(13-15-21)22-23-16-8-17-24-22/h12-17,19H,1-7,9-11,18H2. The molecule has 25 heavy (non-hydrogen) atoms. The molecular formula is C22H29N2O. The second kappa shape index (κ2) is 10.2. The molecule has 133 valence electrons. The summed E-state index contributed by atoms with van der Waals surface area (Å²) in [5.41, 5.74) is 1.00. The zero-order valence-electron chi connectivity index (χ0n) is 15.1. The van der Waals surface area contributed by atoms with Crippen LogP contribution in [0.3, 0.4) is 0 Å². The number of aromatic nitrogens is 2. The summed E-state index contributed by atoms with van der Waals surface area (Å²) >= 11 is 0. The number of rotatable bonds is 10. The van der Waals surface area contributed by atoms with Crippen molar-refractivity contribution < 1.29 is 4.74 Å². The van der Waals surface area contributed by atoms with E-state index in [0.717, 1.165) is 36.1 Å². The van der Waals surface area contributed by atoms with E-state index >= 15 is 0 Å². The minimum atomic E-state index is 0.725. The lowest BCUT2D eigenvalue weighted by atomic mass is 9.99. The van der Waals surface area contributed by atoms with Crippen LogP contribution >= 0.6 is 0 Å². The van der Waals surface area contributed by atoms with Crippen molar-refractivity contribution in [2.45, 2.75) is 64.2 Å². The minimum Gasteiger partial charge on any atom is -0.494 e. The highest BCUT2D eigenvalue weighted by molar-refractivity contribution is 5.55. The maximum Gasteiger partial charge on any atom is 0.159 e. The smallest absolute Gasteiger partial charge is 0.159 e. The Hall–Kier alpha value is -1.90. The van der Waals surface area contributed by atoms with Gasteiger partial charge in [-0.2, -0.15) is 0 Å². The molecule has 1 aliphatic rings. The maximum atomic E-state index is 5.84. The van der Waals surface area contributed by atoms with Crippen LogP contribution in [-0.2, 0) is 0 Å². The molecule has 3 nitrogen and oxygen atoms in total. The highest BCUT2D eigenvalue weighted by Crippen LogP contribution is 2.29. The minimum absolute atomic E-state index is 0.725. The van der Waals surface area contributed by atoms with Gasteiger partial charge in [0.15, 0.2) is 5.82 Å². The first-order chi connectivity index (χ1) is 12.4. The Morgan fingerprint density at radius 3 is 2.32 bits per heavy atom. The van der Waals surface area contributed by atoms with Gasteiger partial charge in [0.1, 0.15) is 5.75 Å². The second-order valence-corrected chi connectivity index (χ2v) is 7.09. The molecule has 1 aromatic carbocycles. The summed E-state index contributed by atoms with van der Waals surface area (Å²) in [6.45, 7) is 0.804. The monoisotopic (exact) mass is 337 g/mol. The van der Waals surface area contributed by atoms with Gasteiger partial charge in [-0.3, -0.25) is 0 Å². The predicted octanol–water partition coefficient (Wildman–Crippen LogP) is 5.85. The highest BCUT2D eigenvalue weighted by Gasteiger charge is 2.13. The summed E-state index contributed by atoms with van der Waals surface area (Å²) in [6, 6.07) is 10.8. The van der Waals surface area contributed by atoms with Gasteiger partial charge in [0.25, 0.3) is 0 Å². The van der Waals surface area contributed by atoms with Gasteiger partial charge in [-0.15, -0.1) is 0 Å². The average molecular weight is 337 g/mol. The van der Waals surface area contributed by atoms with E-state index < -0.39 is 0 Å². The number of benzene rings is 1. The van der Waals surface area contributed by atoms with Gasteiger partial charge >= 0.3 is 0 Å². The Kier molecular flexibility index (Phi) is 7.29. The second-order valence-electron chi connectivity index (χ2n) is 7.09. The third kappa shape index (κ3) is 6.15. The molecule has 3 heteroatoms. The first-order valence-corrected chi connectivity index (χ1v) is 9.83. The lowest BCUT2D eigenvalue weighted by Crippen LogP contribution is -1.98.